The van der Waals surface area contributed by atoms with Gasteiger partial charge in [-0.1, -0.05) is 24.3 Å². The molecule has 1 amide bonds. The Balaban J connectivity index is 1.06. The number of carbonyl (C=O) groups is 1. The van der Waals surface area contributed by atoms with Gasteiger partial charge in [0.25, 0.3) is 5.91 Å². The van der Waals surface area contributed by atoms with Gasteiger partial charge in [-0.15, -0.1) is 0 Å². The summed E-state index contributed by atoms with van der Waals surface area (Å²) in [7, 11) is 0. The molecule has 3 heterocycles. The van der Waals surface area contributed by atoms with E-state index in [1.807, 2.05) is 6.07 Å². The van der Waals surface area contributed by atoms with Crippen molar-refractivity contribution in [1.29, 1.82) is 0 Å². The minimum absolute atomic E-state index is 0.0735. The number of rotatable bonds is 8. The third kappa shape index (κ3) is 5.45. The molecular weight excluding hydrogens is 478 g/mol. The normalized spacial score (nSPS) is 29.7. The van der Waals surface area contributed by atoms with E-state index in [1.54, 1.807) is 6.20 Å². The number of ether oxygens (including phenoxy) is 1. The second kappa shape index (κ2) is 10.9. The maximum atomic E-state index is 13.0. The van der Waals surface area contributed by atoms with Crippen LogP contribution in [0.5, 0.6) is 0 Å². The first-order chi connectivity index (χ1) is 18.5. The average molecular weight is 520 g/mol. The number of hydrogen-bond donors (Lipinski definition) is 3. The van der Waals surface area contributed by atoms with Crippen LogP contribution in [0.2, 0.25) is 0 Å². The van der Waals surface area contributed by atoms with E-state index in [0.717, 1.165) is 75.6 Å². The second-order valence-corrected chi connectivity index (χ2v) is 11.8. The number of hydrogen-bond acceptors (Lipinski definition) is 7. The Bertz CT molecular complexity index is 1130. The zero-order valence-electron chi connectivity index (χ0n) is 22.3. The Morgan fingerprint density at radius 1 is 1.08 bits per heavy atom. The summed E-state index contributed by atoms with van der Waals surface area (Å²) < 4.78 is 5.46. The van der Waals surface area contributed by atoms with Crippen LogP contribution in [0.4, 0.5) is 5.82 Å². The molecule has 204 valence electrons. The van der Waals surface area contributed by atoms with Crippen LogP contribution in [0.3, 0.4) is 0 Å². The number of benzene rings is 1. The molecule has 8 nitrogen and oxygen atoms in total. The van der Waals surface area contributed by atoms with E-state index in [2.05, 4.69) is 44.4 Å². The molecule has 6 rings (SSSR count). The number of aliphatic hydroxyl groups excluding tert-OH is 1. The van der Waals surface area contributed by atoms with Crippen molar-refractivity contribution in [3.63, 3.8) is 0 Å². The molecule has 0 spiro atoms. The van der Waals surface area contributed by atoms with Gasteiger partial charge in [0.15, 0.2) is 0 Å². The molecule has 4 fully saturated rings. The van der Waals surface area contributed by atoms with E-state index in [0.29, 0.717) is 11.0 Å². The second-order valence-electron chi connectivity index (χ2n) is 11.8. The Labute approximate surface area is 225 Å². The summed E-state index contributed by atoms with van der Waals surface area (Å²) in [5.74, 6) is 0.832. The summed E-state index contributed by atoms with van der Waals surface area (Å²) in [6.45, 7) is 8.61. The molecule has 38 heavy (non-hydrogen) atoms. The summed E-state index contributed by atoms with van der Waals surface area (Å²) in [4.78, 5) is 22.5. The monoisotopic (exact) mass is 519 g/mol. The van der Waals surface area contributed by atoms with E-state index >= 15 is 0 Å². The molecule has 8 heteroatoms. The van der Waals surface area contributed by atoms with Crippen molar-refractivity contribution in [3.05, 3.63) is 47.7 Å². The molecule has 1 aromatic heterocycles. The number of nitrogens with one attached hydrogen (secondary N) is 1. The van der Waals surface area contributed by atoms with Crippen LogP contribution >= 0.6 is 0 Å². The third-order valence-corrected chi connectivity index (χ3v) is 9.26. The van der Waals surface area contributed by atoms with Gasteiger partial charge in [-0.25, -0.2) is 4.98 Å². The number of fused-ring (bicyclic) bond motifs is 1. The molecule has 4 aliphatic rings. The molecule has 0 bridgehead atoms. The lowest BCUT2D eigenvalue weighted by atomic mass is 9.92. The molecule has 2 saturated heterocycles. The van der Waals surface area contributed by atoms with E-state index in [1.165, 1.54) is 38.0 Å². The van der Waals surface area contributed by atoms with Gasteiger partial charge >= 0.3 is 0 Å². The number of nitrogens with two attached hydrogens (primary N) is 1. The SMILES string of the molecule is Nc1ncc(-c2ccc([C@]34C[C@H]3CN(CCCN3CCOCC3)C4)cc2)cc1C(=O)NC1CCC(O)CC1. The topological polar surface area (TPSA) is 104 Å². The van der Waals surface area contributed by atoms with Gasteiger partial charge in [0, 0.05) is 49.4 Å². The number of anilines is 1. The number of morpholine rings is 1. The first-order valence-corrected chi connectivity index (χ1v) is 14.4. The molecule has 4 N–H and O–H groups in total. The van der Waals surface area contributed by atoms with E-state index in [-0.39, 0.29) is 23.9 Å². The van der Waals surface area contributed by atoms with Crippen molar-refractivity contribution in [1.82, 2.24) is 20.1 Å². The highest BCUT2D eigenvalue weighted by Gasteiger charge is 2.60. The maximum absolute atomic E-state index is 13.0. The molecule has 1 aromatic carbocycles. The smallest absolute Gasteiger partial charge is 0.255 e. The summed E-state index contributed by atoms with van der Waals surface area (Å²) >= 11 is 0. The minimum atomic E-state index is -0.251. The van der Waals surface area contributed by atoms with Gasteiger partial charge in [-0.2, -0.15) is 0 Å². The third-order valence-electron chi connectivity index (χ3n) is 9.26. The van der Waals surface area contributed by atoms with E-state index in [4.69, 9.17) is 10.5 Å². The first-order valence-electron chi connectivity index (χ1n) is 14.4. The van der Waals surface area contributed by atoms with E-state index < -0.39 is 0 Å². The number of amides is 1. The highest BCUT2D eigenvalue weighted by Crippen LogP contribution is 2.59. The Morgan fingerprint density at radius 2 is 1.82 bits per heavy atom. The van der Waals surface area contributed by atoms with Gasteiger partial charge in [-0.05, 0) is 74.7 Å². The highest BCUT2D eigenvalue weighted by atomic mass is 16.5. The summed E-state index contributed by atoms with van der Waals surface area (Å²) in [6.07, 6.45) is 7.04. The minimum Gasteiger partial charge on any atom is -0.393 e. The number of carbonyl (C=O) groups excluding carboxylic acids is 1. The molecule has 2 atom stereocenters. The molecule has 2 aliphatic heterocycles. The number of nitrogens with zero attached hydrogens (tertiary/aromatic N) is 3. The van der Waals surface area contributed by atoms with Gasteiger partial charge in [-0.3, -0.25) is 9.69 Å². The zero-order valence-corrected chi connectivity index (χ0v) is 22.3. The lowest BCUT2D eigenvalue weighted by Crippen LogP contribution is -2.38. The van der Waals surface area contributed by atoms with Crippen LogP contribution in [0, 0.1) is 5.92 Å². The standard InChI is InChI=1S/C30H41N5O3/c31-28-27(29(37)33-25-6-8-26(36)9-7-25)16-22(18-32-28)21-2-4-23(5-3-21)30-17-24(30)19-35(20-30)11-1-10-34-12-14-38-15-13-34/h2-5,16,18,24-26,36H,1,6-15,17,19-20H2,(H2,31,32)(H,33,37)/t24-,25?,26?,30+/m0/s1. The van der Waals surface area contributed by atoms with Crippen LogP contribution in [0.1, 0.15) is 54.4 Å². The largest absolute Gasteiger partial charge is 0.393 e. The van der Waals surface area contributed by atoms with Crippen molar-refractivity contribution in [2.75, 3.05) is 58.2 Å². The summed E-state index contributed by atoms with van der Waals surface area (Å²) in [5, 5.41) is 12.8. The molecule has 2 aromatic rings. The number of aromatic nitrogens is 1. The van der Waals surface area contributed by atoms with Crippen molar-refractivity contribution >= 4 is 11.7 Å². The fourth-order valence-corrected chi connectivity index (χ4v) is 6.84. The van der Waals surface area contributed by atoms with Crippen LogP contribution in [-0.4, -0.2) is 90.4 Å². The molecule has 0 unspecified atom stereocenters. The van der Waals surface area contributed by atoms with Gasteiger partial charge < -0.3 is 25.8 Å². The van der Waals surface area contributed by atoms with Crippen LogP contribution in [0.25, 0.3) is 11.1 Å². The highest BCUT2D eigenvalue weighted by molar-refractivity contribution is 5.99. The number of likely N-dealkylation sites (tertiary alicyclic amines) is 1. The van der Waals surface area contributed by atoms with Crippen molar-refractivity contribution in [2.24, 2.45) is 5.92 Å². The van der Waals surface area contributed by atoms with Crippen molar-refractivity contribution in [3.8, 4) is 11.1 Å². The average Bonchev–Trinajstić information content (AvgIpc) is 3.51. The Morgan fingerprint density at radius 3 is 2.58 bits per heavy atom. The number of aliphatic hydroxyl groups is 1. The van der Waals surface area contributed by atoms with Crippen LogP contribution < -0.4 is 11.1 Å². The fourth-order valence-electron chi connectivity index (χ4n) is 6.84. The van der Waals surface area contributed by atoms with Gasteiger partial charge in [0.1, 0.15) is 5.82 Å². The molecular formula is C30H41N5O3. The molecule has 2 saturated carbocycles. The predicted octanol–water partition coefficient (Wildman–Crippen LogP) is 2.66. The van der Waals surface area contributed by atoms with Crippen LogP contribution in [0.15, 0.2) is 36.5 Å². The lowest BCUT2D eigenvalue weighted by Gasteiger charge is -2.28. The Kier molecular flexibility index (Phi) is 7.40. The van der Waals surface area contributed by atoms with Crippen LogP contribution in [-0.2, 0) is 10.2 Å². The molecule has 2 aliphatic carbocycles. The summed E-state index contributed by atoms with van der Waals surface area (Å²) in [5.41, 5.74) is 10.2. The van der Waals surface area contributed by atoms with Crippen molar-refractivity contribution in [2.45, 2.75) is 56.1 Å². The van der Waals surface area contributed by atoms with Gasteiger partial charge in [0.05, 0.1) is 24.9 Å². The maximum Gasteiger partial charge on any atom is 0.255 e. The zero-order chi connectivity index (χ0) is 26.1. The number of piperidine rings is 1. The number of nitrogen functional groups attached to an aromatic ring is 1. The summed E-state index contributed by atoms with van der Waals surface area (Å²) in [6, 6.07) is 10.8. The lowest BCUT2D eigenvalue weighted by molar-refractivity contribution is 0.0362. The Hall–Kier alpha value is -2.52. The number of pyridine rings is 1. The van der Waals surface area contributed by atoms with Gasteiger partial charge in [0.2, 0.25) is 0 Å². The van der Waals surface area contributed by atoms with E-state index in [9.17, 15) is 9.90 Å². The molecule has 0 radical (unpaired) electrons. The first kappa shape index (κ1) is 25.7. The quantitative estimate of drug-likeness (QED) is 0.493. The predicted molar refractivity (Wildman–Crippen MR) is 148 cm³/mol. The fraction of sp³-hybridized carbons (Fsp3) is 0.600. The van der Waals surface area contributed by atoms with Crippen molar-refractivity contribution < 1.29 is 14.6 Å².